The van der Waals surface area contributed by atoms with Crippen LogP contribution in [0.15, 0.2) is 0 Å². The Labute approximate surface area is 236 Å². The van der Waals surface area contributed by atoms with Gasteiger partial charge in [0.15, 0.2) is 5.41 Å². The van der Waals surface area contributed by atoms with Gasteiger partial charge in [-0.25, -0.2) is 8.42 Å². The Morgan fingerprint density at radius 1 is 0.711 bits per heavy atom. The summed E-state index contributed by atoms with van der Waals surface area (Å²) in [5, 5.41) is 0. The van der Waals surface area contributed by atoms with E-state index in [2.05, 4.69) is 60.1 Å². The molecular formula is C26H60F6O4S2. The van der Waals surface area contributed by atoms with Crippen LogP contribution in [0.1, 0.15) is 102 Å². The minimum Gasteiger partial charge on any atom is -0.388 e. The molecule has 0 bridgehead atoms. The number of unbranched alkanes of at least 4 members (excludes halogenated alkanes) is 1. The summed E-state index contributed by atoms with van der Waals surface area (Å²) in [5.41, 5.74) is -3.12. The van der Waals surface area contributed by atoms with Crippen molar-refractivity contribution in [3.8, 4) is 0 Å². The number of alkyl halides is 6. The van der Waals surface area contributed by atoms with Gasteiger partial charge >= 0.3 is 12.4 Å². The second kappa shape index (κ2) is 32.7. The Balaban J connectivity index is -0.0000000480. The third-order valence-electron chi connectivity index (χ3n) is 1.92. The molecule has 0 aromatic carbocycles. The lowest BCUT2D eigenvalue weighted by molar-refractivity contribution is -0.327. The molecule has 0 radical (unpaired) electrons. The molecule has 0 N–H and O–H groups in total. The van der Waals surface area contributed by atoms with Crippen molar-refractivity contribution >= 4 is 27.4 Å². The average Bonchev–Trinajstić information content (AvgIpc) is 2.59. The topological polar surface area (TPSA) is 60.4 Å². The minimum absolute atomic E-state index is 0.104. The first-order chi connectivity index (χ1) is 16.4. The molecule has 0 spiro atoms. The molecule has 0 fully saturated rings. The van der Waals surface area contributed by atoms with Crippen molar-refractivity contribution in [2.45, 2.75) is 115 Å². The van der Waals surface area contributed by atoms with E-state index in [0.29, 0.717) is 5.41 Å². The Kier molecular flexibility index (Phi) is 49.4. The Hall–Kier alpha value is -0.490. The molecule has 0 saturated carbocycles. The van der Waals surface area contributed by atoms with Crippen molar-refractivity contribution in [1.29, 1.82) is 0 Å². The minimum atomic E-state index is -5.24. The predicted octanol–water partition coefficient (Wildman–Crippen LogP) is 9.91. The normalized spacial score (nSPS) is 10.4. The van der Waals surface area contributed by atoms with Crippen LogP contribution in [-0.2, 0) is 19.4 Å². The van der Waals surface area contributed by atoms with Crippen molar-refractivity contribution in [2.24, 2.45) is 10.8 Å². The molecule has 0 unspecified atom stereocenters. The van der Waals surface area contributed by atoms with E-state index in [-0.39, 0.29) is 19.6 Å². The van der Waals surface area contributed by atoms with E-state index in [4.69, 9.17) is 0 Å². The summed E-state index contributed by atoms with van der Waals surface area (Å²) in [6.45, 7) is 20.6. The van der Waals surface area contributed by atoms with Gasteiger partial charge in [0.25, 0.3) is 0 Å². The molecule has 0 saturated heterocycles. The van der Waals surface area contributed by atoms with Gasteiger partial charge in [0.2, 0.25) is 0 Å². The molecule has 0 atom stereocenters. The molecule has 0 amide bonds. The molecule has 0 aliphatic rings. The lowest BCUT2D eigenvalue weighted by Gasteiger charge is -2.29. The maximum atomic E-state index is 11.6. The van der Waals surface area contributed by atoms with E-state index in [1.165, 1.54) is 33.1 Å². The number of hydrogen-bond acceptors (Lipinski definition) is 5. The van der Waals surface area contributed by atoms with E-state index in [9.17, 15) is 39.6 Å². The standard InChI is InChI=1S/C5H6F6.C5H12.C4H10.C3H6O.C3H8.C2H6O2S.C2H6O.C2H6S/c1-3(2,4(6,7)8)5(9,10)11;1-5(2,3)4;1-3-4-2;1-3(2)4;1-3-2;1-5(2,3)4;2*1-3-2/h1-2H3;1-4H3;3-4H2,1-2H3;1-2H3;3H2,1-2H3;1-2H3;2*1-2H3. The summed E-state index contributed by atoms with van der Waals surface area (Å²) in [7, 11) is 0.583. The number of rotatable bonds is 1. The number of hydrogen-bond donors (Lipinski definition) is 0. The molecular weight excluding hydrogens is 554 g/mol. The highest BCUT2D eigenvalue weighted by molar-refractivity contribution is 7.97. The Bertz CT molecular complexity index is 513. The number of ether oxygens (including phenoxy) is 1. The van der Waals surface area contributed by atoms with Crippen LogP contribution >= 0.6 is 11.8 Å². The Morgan fingerprint density at radius 3 is 0.789 bits per heavy atom. The fraction of sp³-hybridized carbons (Fsp3) is 0.962. The fourth-order valence-corrected chi connectivity index (χ4v) is 0.161. The van der Waals surface area contributed by atoms with Crippen molar-refractivity contribution in [3.05, 3.63) is 0 Å². The number of halogens is 6. The van der Waals surface area contributed by atoms with Gasteiger partial charge in [-0.2, -0.15) is 38.1 Å². The summed E-state index contributed by atoms with van der Waals surface area (Å²) in [5.74, 6) is 0.167. The molecule has 242 valence electrons. The SMILES string of the molecule is CC(C)(C(F)(F)F)C(F)(F)F.CC(C)(C)C.CC(C)=O.CCC.CCCC.COC.CS(C)(=O)=O.CSC. The van der Waals surface area contributed by atoms with Gasteiger partial charge in [0.1, 0.15) is 15.6 Å². The summed E-state index contributed by atoms with van der Waals surface area (Å²) >= 11 is 1.75. The third kappa shape index (κ3) is 123. The van der Waals surface area contributed by atoms with Crippen LogP contribution in [0.25, 0.3) is 0 Å². The maximum absolute atomic E-state index is 11.6. The Morgan fingerprint density at radius 2 is 0.789 bits per heavy atom. The average molecular weight is 615 g/mol. The lowest BCUT2D eigenvalue weighted by atomic mass is 9.92. The van der Waals surface area contributed by atoms with E-state index in [1.807, 2.05) is 12.5 Å². The van der Waals surface area contributed by atoms with E-state index >= 15 is 0 Å². The largest absolute Gasteiger partial charge is 0.402 e. The molecule has 0 heterocycles. The molecule has 0 aromatic rings. The van der Waals surface area contributed by atoms with Crippen molar-refractivity contribution < 1.29 is 44.3 Å². The molecule has 38 heavy (non-hydrogen) atoms. The molecule has 0 aromatic heterocycles. The molecule has 0 aliphatic heterocycles. The summed E-state index contributed by atoms with van der Waals surface area (Å²) < 4.78 is 93.2. The van der Waals surface area contributed by atoms with Crippen LogP contribution in [0, 0.1) is 10.8 Å². The van der Waals surface area contributed by atoms with Gasteiger partial charge < -0.3 is 9.53 Å². The number of ketones is 1. The van der Waals surface area contributed by atoms with Crippen LogP contribution in [0.4, 0.5) is 26.3 Å². The monoisotopic (exact) mass is 614 g/mol. The van der Waals surface area contributed by atoms with E-state index < -0.39 is 27.6 Å². The fourth-order valence-electron chi connectivity index (χ4n) is 0.161. The van der Waals surface area contributed by atoms with Gasteiger partial charge in [-0.1, -0.05) is 74.7 Å². The number of carbonyl (C=O) groups excluding carboxylic acids is 1. The molecule has 0 rings (SSSR count). The zero-order chi connectivity index (χ0) is 33.6. The second-order valence-electron chi connectivity index (χ2n) is 10.2. The third-order valence-corrected chi connectivity index (χ3v) is 1.92. The van der Waals surface area contributed by atoms with Crippen molar-refractivity contribution in [3.63, 3.8) is 0 Å². The van der Waals surface area contributed by atoms with Crippen LogP contribution in [0.3, 0.4) is 0 Å². The highest BCUT2D eigenvalue weighted by Gasteiger charge is 2.64. The van der Waals surface area contributed by atoms with Crippen LogP contribution < -0.4 is 0 Å². The highest BCUT2D eigenvalue weighted by Crippen LogP contribution is 2.49. The van der Waals surface area contributed by atoms with E-state index in [0.717, 1.165) is 12.5 Å². The molecule has 12 heteroatoms. The van der Waals surface area contributed by atoms with Crippen LogP contribution in [0.5, 0.6) is 0 Å². The van der Waals surface area contributed by atoms with Crippen molar-refractivity contribution in [2.75, 3.05) is 39.2 Å². The van der Waals surface area contributed by atoms with Gasteiger partial charge in [0, 0.05) is 26.7 Å². The predicted molar refractivity (Wildman–Crippen MR) is 157 cm³/mol. The first-order valence-corrected chi connectivity index (χ1v) is 15.9. The van der Waals surface area contributed by atoms with Gasteiger partial charge in [-0.15, -0.1) is 0 Å². The first kappa shape index (κ1) is 57.4. The number of Topliss-reactive ketones (excluding diaryl/α,β-unsaturated/α-hetero) is 1. The van der Waals surface area contributed by atoms with Gasteiger partial charge in [0.05, 0.1) is 0 Å². The number of methoxy groups -OCH3 is 1. The molecule has 4 nitrogen and oxygen atoms in total. The highest BCUT2D eigenvalue weighted by atomic mass is 32.2. The maximum Gasteiger partial charge on any atom is 0.402 e. The second-order valence-corrected chi connectivity index (χ2v) is 13.3. The zero-order valence-electron chi connectivity index (χ0n) is 27.3. The summed E-state index contributed by atoms with van der Waals surface area (Å²) in [6, 6.07) is 0. The van der Waals surface area contributed by atoms with Crippen LogP contribution in [0.2, 0.25) is 0 Å². The van der Waals surface area contributed by atoms with Gasteiger partial charge in [-0.05, 0) is 45.6 Å². The number of sulfone groups is 1. The zero-order valence-corrected chi connectivity index (χ0v) is 29.0. The first-order valence-electron chi connectivity index (χ1n) is 11.9. The number of carbonyl (C=O) groups is 1. The smallest absolute Gasteiger partial charge is 0.388 e. The number of thioether (sulfide) groups is 1. The van der Waals surface area contributed by atoms with Crippen molar-refractivity contribution in [1.82, 2.24) is 0 Å². The summed E-state index contributed by atoms with van der Waals surface area (Å²) in [6.07, 6.45) is -0.198. The quantitative estimate of drug-likeness (QED) is 0.275. The van der Waals surface area contributed by atoms with E-state index in [1.54, 1.807) is 26.0 Å². The molecule has 0 aliphatic carbocycles. The van der Waals surface area contributed by atoms with Gasteiger partial charge in [-0.3, -0.25) is 0 Å². The van der Waals surface area contributed by atoms with Crippen LogP contribution in [-0.4, -0.2) is 65.8 Å². The summed E-state index contributed by atoms with van der Waals surface area (Å²) in [4.78, 5) is 9.44. The lowest BCUT2D eigenvalue weighted by Crippen LogP contribution is -2.44.